The van der Waals surface area contributed by atoms with E-state index in [4.69, 9.17) is 9.47 Å². The van der Waals surface area contributed by atoms with Crippen LogP contribution in [-0.4, -0.2) is 9.97 Å². The minimum absolute atomic E-state index is 0.325. The average Bonchev–Trinajstić information content (AvgIpc) is 3.19. The summed E-state index contributed by atoms with van der Waals surface area (Å²) in [6.07, 6.45) is 0. The van der Waals surface area contributed by atoms with Crippen molar-refractivity contribution >= 4 is 11.0 Å². The predicted molar refractivity (Wildman–Crippen MR) is 114 cm³/mol. The second-order valence-corrected chi connectivity index (χ2v) is 6.88. The first-order chi connectivity index (χ1) is 15.1. The summed E-state index contributed by atoms with van der Waals surface area (Å²) in [6, 6.07) is 24.7. The molecule has 0 spiro atoms. The fraction of sp³-hybridized carbons (Fsp3) is 0. The standard InChI is InChI=1S/C25H16F2N2O2/c26-16-6-9-19(10-7-16)30-20-11-13-22-23(15-20)29-25(28-22)21-12-8-17(27)14-24(21)31-18-4-2-1-3-5-18/h1-15H,(H,28,29). The average molecular weight is 414 g/mol. The number of H-pyrrole nitrogens is 1. The molecule has 0 aliphatic heterocycles. The molecule has 0 unspecified atom stereocenters. The number of halogens is 2. The first-order valence-electron chi connectivity index (χ1n) is 9.60. The molecule has 0 aliphatic carbocycles. The number of nitrogens with zero attached hydrogens (tertiary/aromatic N) is 1. The van der Waals surface area contributed by atoms with Crippen LogP contribution in [0, 0.1) is 11.6 Å². The number of aromatic amines is 1. The number of aromatic nitrogens is 2. The van der Waals surface area contributed by atoms with Gasteiger partial charge in [-0.25, -0.2) is 13.8 Å². The quantitative estimate of drug-likeness (QED) is 0.334. The summed E-state index contributed by atoms with van der Waals surface area (Å²) in [5.74, 6) is 1.87. The molecule has 0 bridgehead atoms. The number of nitrogens with one attached hydrogen (secondary N) is 1. The molecule has 1 aromatic heterocycles. The number of imidazole rings is 1. The molecule has 0 amide bonds. The largest absolute Gasteiger partial charge is 0.457 e. The Morgan fingerprint density at radius 1 is 0.645 bits per heavy atom. The number of ether oxygens (including phenoxy) is 2. The Kier molecular flexibility index (Phi) is 4.80. The molecular formula is C25H16F2N2O2. The highest BCUT2D eigenvalue weighted by Crippen LogP contribution is 2.34. The Morgan fingerprint density at radius 2 is 1.35 bits per heavy atom. The molecule has 0 saturated heterocycles. The topological polar surface area (TPSA) is 47.1 Å². The molecule has 0 radical (unpaired) electrons. The van der Waals surface area contributed by atoms with Gasteiger partial charge in [0, 0.05) is 12.1 Å². The van der Waals surface area contributed by atoms with Crippen molar-refractivity contribution in [2.45, 2.75) is 0 Å². The van der Waals surface area contributed by atoms with Crippen molar-refractivity contribution < 1.29 is 18.3 Å². The van der Waals surface area contributed by atoms with Gasteiger partial charge in [-0.3, -0.25) is 0 Å². The van der Waals surface area contributed by atoms with E-state index in [1.165, 1.54) is 24.3 Å². The first-order valence-corrected chi connectivity index (χ1v) is 9.60. The van der Waals surface area contributed by atoms with E-state index in [9.17, 15) is 8.78 Å². The first kappa shape index (κ1) is 18.8. The second-order valence-electron chi connectivity index (χ2n) is 6.88. The molecular weight excluding hydrogens is 398 g/mol. The van der Waals surface area contributed by atoms with Crippen molar-refractivity contribution in [3.8, 4) is 34.4 Å². The zero-order chi connectivity index (χ0) is 21.2. The molecule has 31 heavy (non-hydrogen) atoms. The highest BCUT2D eigenvalue weighted by molar-refractivity contribution is 5.82. The van der Waals surface area contributed by atoms with Crippen LogP contribution in [0.1, 0.15) is 0 Å². The summed E-state index contributed by atoms with van der Waals surface area (Å²) in [7, 11) is 0. The summed E-state index contributed by atoms with van der Waals surface area (Å²) < 4.78 is 38.7. The third-order valence-electron chi connectivity index (χ3n) is 4.67. The minimum atomic E-state index is -0.402. The van der Waals surface area contributed by atoms with E-state index < -0.39 is 5.82 Å². The number of hydrogen-bond donors (Lipinski definition) is 1. The third-order valence-corrected chi connectivity index (χ3v) is 4.67. The molecule has 6 heteroatoms. The van der Waals surface area contributed by atoms with E-state index >= 15 is 0 Å². The molecule has 4 aromatic carbocycles. The van der Waals surface area contributed by atoms with Crippen LogP contribution in [0.2, 0.25) is 0 Å². The monoisotopic (exact) mass is 414 g/mol. The van der Waals surface area contributed by atoms with Crippen molar-refractivity contribution in [2.75, 3.05) is 0 Å². The van der Waals surface area contributed by atoms with Gasteiger partial charge in [0.15, 0.2) is 0 Å². The van der Waals surface area contributed by atoms with Gasteiger partial charge in [0.05, 0.1) is 16.6 Å². The van der Waals surface area contributed by atoms with Gasteiger partial charge in [-0.15, -0.1) is 0 Å². The molecule has 0 atom stereocenters. The van der Waals surface area contributed by atoms with E-state index in [0.29, 0.717) is 34.4 Å². The van der Waals surface area contributed by atoms with Crippen LogP contribution in [0.25, 0.3) is 22.4 Å². The van der Waals surface area contributed by atoms with E-state index in [0.717, 1.165) is 11.0 Å². The van der Waals surface area contributed by atoms with E-state index in [1.807, 2.05) is 24.3 Å². The van der Waals surface area contributed by atoms with Crippen LogP contribution in [0.4, 0.5) is 8.78 Å². The van der Waals surface area contributed by atoms with Gasteiger partial charge in [0.25, 0.3) is 0 Å². The molecule has 152 valence electrons. The highest BCUT2D eigenvalue weighted by atomic mass is 19.1. The maximum Gasteiger partial charge on any atom is 0.142 e. The highest BCUT2D eigenvalue weighted by Gasteiger charge is 2.14. The number of rotatable bonds is 5. The lowest BCUT2D eigenvalue weighted by molar-refractivity contribution is 0.478. The normalized spacial score (nSPS) is 10.9. The summed E-state index contributed by atoms with van der Waals surface area (Å²) in [5, 5.41) is 0. The lowest BCUT2D eigenvalue weighted by atomic mass is 10.2. The van der Waals surface area contributed by atoms with Crippen molar-refractivity contribution in [1.82, 2.24) is 9.97 Å². The van der Waals surface area contributed by atoms with Crippen LogP contribution in [0.3, 0.4) is 0 Å². The Balaban J connectivity index is 1.48. The lowest BCUT2D eigenvalue weighted by Crippen LogP contribution is -1.91. The smallest absolute Gasteiger partial charge is 0.142 e. The molecule has 1 heterocycles. The fourth-order valence-corrected chi connectivity index (χ4v) is 3.21. The molecule has 5 aromatic rings. The van der Waals surface area contributed by atoms with Crippen molar-refractivity contribution in [3.05, 3.63) is 103 Å². The third kappa shape index (κ3) is 4.09. The number of hydrogen-bond acceptors (Lipinski definition) is 3. The molecule has 0 saturated carbocycles. The summed E-state index contributed by atoms with van der Waals surface area (Å²) in [5.41, 5.74) is 2.09. The maximum atomic E-state index is 13.9. The SMILES string of the molecule is Fc1ccc(Oc2ccc3nc(-c4ccc(F)cc4Oc4ccccc4)[nH]c3c2)cc1. The zero-order valence-electron chi connectivity index (χ0n) is 16.2. The minimum Gasteiger partial charge on any atom is -0.457 e. The second kappa shape index (κ2) is 7.91. The Hall–Kier alpha value is -4.19. The molecule has 0 aliphatic rings. The summed E-state index contributed by atoms with van der Waals surface area (Å²) in [6.45, 7) is 0. The Bertz CT molecular complexity index is 1350. The lowest BCUT2D eigenvalue weighted by Gasteiger charge is -2.09. The van der Waals surface area contributed by atoms with Crippen molar-refractivity contribution in [2.24, 2.45) is 0 Å². The summed E-state index contributed by atoms with van der Waals surface area (Å²) in [4.78, 5) is 7.85. The number of fused-ring (bicyclic) bond motifs is 1. The predicted octanol–water partition coefficient (Wildman–Crippen LogP) is 7.09. The van der Waals surface area contributed by atoms with Crippen LogP contribution in [-0.2, 0) is 0 Å². The fourth-order valence-electron chi connectivity index (χ4n) is 3.21. The van der Waals surface area contributed by atoms with E-state index in [1.54, 1.807) is 42.5 Å². The van der Waals surface area contributed by atoms with Crippen molar-refractivity contribution in [1.29, 1.82) is 0 Å². The van der Waals surface area contributed by atoms with Gasteiger partial charge in [-0.1, -0.05) is 18.2 Å². The van der Waals surface area contributed by atoms with Crippen LogP contribution >= 0.6 is 0 Å². The maximum absolute atomic E-state index is 13.9. The van der Waals surface area contributed by atoms with Crippen LogP contribution in [0.15, 0.2) is 91.0 Å². The van der Waals surface area contributed by atoms with Gasteiger partial charge >= 0.3 is 0 Å². The molecule has 4 nitrogen and oxygen atoms in total. The Morgan fingerprint density at radius 3 is 2.16 bits per heavy atom. The molecule has 5 rings (SSSR count). The van der Waals surface area contributed by atoms with Crippen molar-refractivity contribution in [3.63, 3.8) is 0 Å². The number of benzene rings is 4. The van der Waals surface area contributed by atoms with Gasteiger partial charge < -0.3 is 14.5 Å². The molecule has 0 fully saturated rings. The van der Waals surface area contributed by atoms with Crippen LogP contribution < -0.4 is 9.47 Å². The van der Waals surface area contributed by atoms with Crippen LogP contribution in [0.5, 0.6) is 23.0 Å². The Labute approximate surface area is 176 Å². The summed E-state index contributed by atoms with van der Waals surface area (Å²) >= 11 is 0. The van der Waals surface area contributed by atoms with Gasteiger partial charge in [-0.2, -0.15) is 0 Å². The molecule has 1 N–H and O–H groups in total. The van der Waals surface area contributed by atoms with Gasteiger partial charge in [0.2, 0.25) is 0 Å². The van der Waals surface area contributed by atoms with E-state index in [2.05, 4.69) is 9.97 Å². The van der Waals surface area contributed by atoms with E-state index in [-0.39, 0.29) is 5.82 Å². The zero-order valence-corrected chi connectivity index (χ0v) is 16.2. The van der Waals surface area contributed by atoms with Gasteiger partial charge in [-0.05, 0) is 60.7 Å². The van der Waals surface area contributed by atoms with Gasteiger partial charge in [0.1, 0.15) is 40.5 Å². The number of para-hydroxylation sites is 1.